The van der Waals surface area contributed by atoms with Crippen molar-refractivity contribution in [3.63, 3.8) is 0 Å². The summed E-state index contributed by atoms with van der Waals surface area (Å²) in [4.78, 5) is 22.7. The summed E-state index contributed by atoms with van der Waals surface area (Å²) in [6, 6.07) is 5.31. The van der Waals surface area contributed by atoms with Gasteiger partial charge in [-0.25, -0.2) is 4.79 Å². The second-order valence-electron chi connectivity index (χ2n) is 6.37. The number of ether oxygens (including phenoxy) is 1. The van der Waals surface area contributed by atoms with E-state index in [1.165, 1.54) is 0 Å². The Labute approximate surface area is 144 Å². The van der Waals surface area contributed by atoms with Crippen molar-refractivity contribution in [1.82, 2.24) is 5.32 Å². The zero-order valence-corrected chi connectivity index (χ0v) is 18.7. The molecule has 1 aromatic carbocycles. The summed E-state index contributed by atoms with van der Waals surface area (Å²) in [5.74, 6) is -0.443. The van der Waals surface area contributed by atoms with Crippen LogP contribution in [0, 0.1) is 13.8 Å². The van der Waals surface area contributed by atoms with Gasteiger partial charge in [0.15, 0.2) is 0 Å². The second-order valence-corrected chi connectivity index (χ2v) is 7.19. The van der Waals surface area contributed by atoms with Gasteiger partial charge in [-0.1, -0.05) is 23.8 Å². The van der Waals surface area contributed by atoms with Crippen LogP contribution < -0.4 is 5.32 Å². The third-order valence-corrected chi connectivity index (χ3v) is 2.85. The molecule has 6 heteroatoms. The third-order valence-electron chi connectivity index (χ3n) is 2.85. The van der Waals surface area contributed by atoms with Crippen LogP contribution >= 0.6 is 11.8 Å². The molecule has 0 saturated heterocycles. The molecule has 0 aliphatic heterocycles. The maximum atomic E-state index is 12.1. The first-order valence-corrected chi connectivity index (χ1v) is 9.09. The molecule has 0 aliphatic carbocycles. The van der Waals surface area contributed by atoms with E-state index < -0.39 is 17.6 Å². The van der Waals surface area contributed by atoms with Gasteiger partial charge in [0.05, 0.1) is 0 Å². The van der Waals surface area contributed by atoms with Crippen molar-refractivity contribution in [3.8, 4) is 0 Å². The molecular weight excluding hydrogens is 567 g/mol. The largest absolute Gasteiger partial charge is 0.520 e. The van der Waals surface area contributed by atoms with Crippen molar-refractivity contribution < 1.29 is 14.3 Å². The van der Waals surface area contributed by atoms with E-state index in [0.717, 1.165) is 16.7 Å². The number of nitrogens with one attached hydrogen (secondary N) is 1. The minimum Gasteiger partial charge on any atom is -0.520 e. The average molecular weight is 595 g/mol. The Morgan fingerprint density at radius 3 is 2.29 bits per heavy atom. The van der Waals surface area contributed by atoms with E-state index >= 15 is 0 Å². The van der Waals surface area contributed by atoms with Crippen LogP contribution in [0.5, 0.6) is 0 Å². The first-order chi connectivity index (χ1) is 10.6. The molecule has 1 unspecified atom stereocenters. The Morgan fingerprint density at radius 1 is 1.29 bits per heavy atom. The van der Waals surface area contributed by atoms with Crippen LogP contribution in [0.25, 0.3) is 0 Å². The fraction of sp³-hybridized carbons (Fsp3) is 0.556. The number of thioether (sulfide) groups is 1. The molecule has 1 N–H and O–H groups in total. The van der Waals surface area contributed by atoms with Crippen molar-refractivity contribution in [1.29, 1.82) is 0 Å². The Bertz CT molecular complexity index is 515. The zero-order valence-electron chi connectivity index (χ0n) is 15.4. The smallest absolute Gasteiger partial charge is 0.326 e. The van der Waals surface area contributed by atoms with E-state index in [1.807, 2.05) is 44.6 Å². The Kier molecular flexibility index (Phi) is 11.0. The van der Waals surface area contributed by atoms with Crippen LogP contribution in [0.2, 0.25) is 0 Å². The van der Waals surface area contributed by atoms with Gasteiger partial charge in [-0.05, 0) is 58.3 Å². The monoisotopic (exact) mass is 595 g/mol. The average Bonchev–Trinajstić information content (AvgIpc) is 2.41. The van der Waals surface area contributed by atoms with Gasteiger partial charge in [0.1, 0.15) is 11.6 Å². The number of hydrogen-bond acceptors (Lipinski definition) is 4. The standard InChI is InChI=1S/C16H22NO3.C2H6S.Fm/c1-11-6-7-12(2)13(8-11)9-14(17-10-18)15(19)20-16(3,4)5;1-3-2;/h6-8,14H,9H2,1-5H3,(H,17,18);1-2H3;/q-1;;. The summed E-state index contributed by atoms with van der Waals surface area (Å²) in [6.45, 7) is 9.36. The molecule has 0 saturated carbocycles. The van der Waals surface area contributed by atoms with Crippen molar-refractivity contribution in [2.75, 3.05) is 12.5 Å². The van der Waals surface area contributed by atoms with Gasteiger partial charge in [0.2, 0.25) is 0 Å². The minimum absolute atomic E-state index is 0. The fourth-order valence-corrected chi connectivity index (χ4v) is 1.88. The number of carbonyl (C=O) groups excluding carboxylic acids is 2. The van der Waals surface area contributed by atoms with Gasteiger partial charge in [-0.2, -0.15) is 18.2 Å². The summed E-state index contributed by atoms with van der Waals surface area (Å²) in [6.07, 6.45) is 6.07. The van der Waals surface area contributed by atoms with E-state index in [1.54, 1.807) is 38.9 Å². The number of hydrogen-bond donors (Lipinski definition) is 1. The van der Waals surface area contributed by atoms with Gasteiger partial charge in [0, 0.05) is 6.42 Å². The first kappa shape index (κ1) is 23.8. The maximum absolute atomic E-state index is 12.1. The molecule has 0 radical (unpaired) electrons. The molecule has 1 rings (SSSR count). The second kappa shape index (κ2) is 11.1. The molecule has 1 amide bonds. The van der Waals surface area contributed by atoms with Gasteiger partial charge in [-0.3, -0.25) is 0 Å². The zero-order chi connectivity index (χ0) is 18.0. The summed E-state index contributed by atoms with van der Waals surface area (Å²) in [7, 11) is 0. The van der Waals surface area contributed by atoms with Crippen LogP contribution in [-0.4, -0.2) is 36.5 Å². The molecule has 0 spiro atoms. The maximum Gasteiger partial charge on any atom is 0.326 e. The van der Waals surface area contributed by atoms with Gasteiger partial charge in [-0.15, -0.1) is 0 Å². The SMILES string of the molecule is CSC.Cc1ccc(C)c(CC(N[C-]=O)C(=O)OC(C)(C)C)c1.[Fm]. The number of rotatable bonds is 5. The molecular formula is C18H28FmNO3S-. The summed E-state index contributed by atoms with van der Waals surface area (Å²) < 4.78 is 5.31. The van der Waals surface area contributed by atoms with Crippen LogP contribution in [0.4, 0.5) is 0 Å². The van der Waals surface area contributed by atoms with E-state index in [2.05, 4.69) is 5.32 Å². The molecule has 0 aromatic heterocycles. The molecule has 4 nitrogen and oxygen atoms in total. The summed E-state index contributed by atoms with van der Waals surface area (Å²) >= 11 is 1.75. The van der Waals surface area contributed by atoms with Crippen LogP contribution in [0.1, 0.15) is 37.5 Å². The quantitative estimate of drug-likeness (QED) is 0.323. The van der Waals surface area contributed by atoms with Gasteiger partial charge < -0.3 is 14.8 Å². The number of esters is 1. The number of benzene rings is 1. The fourth-order valence-electron chi connectivity index (χ4n) is 1.88. The predicted octanol–water partition coefficient (Wildman–Crippen LogP) is 3.19. The topological polar surface area (TPSA) is 55.4 Å². The first-order valence-electron chi connectivity index (χ1n) is 7.46. The normalized spacial score (nSPS) is 11.3. The Balaban J connectivity index is 0. The molecule has 0 heterocycles. The minimum atomic E-state index is -0.716. The number of carbonyl (C=O) groups is 1. The molecule has 1 atom stereocenters. The molecule has 0 bridgehead atoms. The number of amides is 1. The van der Waals surface area contributed by atoms with E-state index in [0.29, 0.717) is 6.42 Å². The van der Waals surface area contributed by atoms with Gasteiger partial charge >= 0.3 is 5.97 Å². The van der Waals surface area contributed by atoms with Crippen molar-refractivity contribution >= 4 is 24.1 Å². The molecule has 142 valence electrons. The van der Waals surface area contributed by atoms with Crippen molar-refractivity contribution in [2.45, 2.75) is 52.7 Å². The van der Waals surface area contributed by atoms with E-state index in [4.69, 9.17) is 4.74 Å². The van der Waals surface area contributed by atoms with Crippen LogP contribution in [0.15, 0.2) is 18.2 Å². The third kappa shape index (κ3) is 9.51. The van der Waals surface area contributed by atoms with E-state index in [-0.39, 0.29) is 0 Å². The summed E-state index contributed by atoms with van der Waals surface area (Å²) in [5, 5.41) is 2.42. The van der Waals surface area contributed by atoms with Crippen molar-refractivity contribution in [2.24, 2.45) is 0 Å². The number of aryl methyl sites for hydroxylation is 2. The van der Waals surface area contributed by atoms with E-state index in [9.17, 15) is 9.59 Å². The summed E-state index contributed by atoms with van der Waals surface area (Å²) in [5.41, 5.74) is 2.63. The molecule has 0 fully saturated rings. The Morgan fingerprint density at radius 2 is 1.83 bits per heavy atom. The van der Waals surface area contributed by atoms with Crippen molar-refractivity contribution in [3.05, 3.63) is 34.9 Å². The molecule has 0 aliphatic rings. The molecule has 1 aromatic rings. The van der Waals surface area contributed by atoms with Crippen LogP contribution in [-0.2, 0) is 20.7 Å². The van der Waals surface area contributed by atoms with Gasteiger partial charge in [0.25, 0.3) is 0 Å². The Hall–Kier alpha value is -2.49. The predicted molar refractivity (Wildman–Crippen MR) is 97.5 cm³/mol. The molecule has 24 heavy (non-hydrogen) atoms. The van der Waals surface area contributed by atoms with Crippen LogP contribution in [0.3, 0.4) is 0 Å².